The molecule has 0 saturated heterocycles. The van der Waals surface area contributed by atoms with Crippen molar-refractivity contribution in [2.75, 3.05) is 26.2 Å². The van der Waals surface area contributed by atoms with Crippen molar-refractivity contribution >= 4 is 11.7 Å². The normalized spacial score (nSPS) is 10.2. The van der Waals surface area contributed by atoms with E-state index in [9.17, 15) is 9.59 Å². The van der Waals surface area contributed by atoms with Crippen LogP contribution in [0.3, 0.4) is 0 Å². The van der Waals surface area contributed by atoms with Crippen molar-refractivity contribution in [3.8, 4) is 5.75 Å². The maximum Gasteiger partial charge on any atom is 0.257 e. The first-order valence-electron chi connectivity index (χ1n) is 7.40. The van der Waals surface area contributed by atoms with Crippen molar-refractivity contribution in [3.63, 3.8) is 0 Å². The quantitative estimate of drug-likeness (QED) is 0.509. The van der Waals surface area contributed by atoms with Crippen molar-refractivity contribution in [2.45, 2.75) is 26.7 Å². The van der Waals surface area contributed by atoms with E-state index in [1.165, 1.54) is 0 Å². The Balaban J connectivity index is 2.25. The summed E-state index contributed by atoms with van der Waals surface area (Å²) in [7, 11) is 0. The Morgan fingerprint density at radius 3 is 2.38 bits per heavy atom. The van der Waals surface area contributed by atoms with Gasteiger partial charge in [-0.05, 0) is 37.2 Å². The zero-order valence-electron chi connectivity index (χ0n) is 12.8. The van der Waals surface area contributed by atoms with E-state index in [1.54, 1.807) is 24.3 Å². The number of carbonyl (C=O) groups is 2. The average molecular weight is 292 g/mol. The monoisotopic (exact) mass is 292 g/mol. The standard InChI is InChI=1S/C16H24N2O3/c1-3-9-17-10-11-18-16(20)12-21-14-7-5-13(6-8-14)15(19)4-2/h5-8,17H,3-4,9-12H2,1-2H3,(H,18,20). The molecular formula is C16H24N2O3. The lowest BCUT2D eigenvalue weighted by Gasteiger charge is -2.08. The van der Waals surface area contributed by atoms with Gasteiger partial charge >= 0.3 is 0 Å². The predicted molar refractivity (Wildman–Crippen MR) is 82.7 cm³/mol. The molecule has 0 atom stereocenters. The number of rotatable bonds is 10. The summed E-state index contributed by atoms with van der Waals surface area (Å²) in [6.45, 7) is 6.20. The van der Waals surface area contributed by atoms with Crippen molar-refractivity contribution < 1.29 is 14.3 Å². The number of nitrogens with one attached hydrogen (secondary N) is 2. The van der Waals surface area contributed by atoms with Crippen LogP contribution in [0.4, 0.5) is 0 Å². The fourth-order valence-electron chi connectivity index (χ4n) is 1.73. The molecule has 0 saturated carbocycles. The molecule has 0 fully saturated rings. The summed E-state index contributed by atoms with van der Waals surface area (Å²) in [5, 5.41) is 5.97. The molecule has 2 N–H and O–H groups in total. The summed E-state index contributed by atoms with van der Waals surface area (Å²) in [6.07, 6.45) is 1.56. The van der Waals surface area contributed by atoms with Gasteiger partial charge in [-0.2, -0.15) is 0 Å². The Morgan fingerprint density at radius 1 is 1.05 bits per heavy atom. The summed E-state index contributed by atoms with van der Waals surface area (Å²) in [5.41, 5.74) is 0.663. The minimum atomic E-state index is -0.151. The molecule has 0 spiro atoms. The molecule has 0 heterocycles. The van der Waals surface area contributed by atoms with Crippen molar-refractivity contribution in [2.24, 2.45) is 0 Å². The smallest absolute Gasteiger partial charge is 0.257 e. The number of carbonyl (C=O) groups excluding carboxylic acids is 2. The fourth-order valence-corrected chi connectivity index (χ4v) is 1.73. The number of hydrogen-bond acceptors (Lipinski definition) is 4. The summed E-state index contributed by atoms with van der Waals surface area (Å²) in [6, 6.07) is 6.85. The van der Waals surface area contributed by atoms with E-state index < -0.39 is 0 Å². The predicted octanol–water partition coefficient (Wildman–Crippen LogP) is 1.77. The van der Waals surface area contributed by atoms with E-state index in [0.717, 1.165) is 19.5 Å². The molecule has 0 aliphatic rings. The highest BCUT2D eigenvalue weighted by molar-refractivity contribution is 5.95. The fraction of sp³-hybridized carbons (Fsp3) is 0.500. The Labute approximate surface area is 126 Å². The number of amides is 1. The number of benzene rings is 1. The Kier molecular flexibility index (Phi) is 8.12. The van der Waals surface area contributed by atoms with Crippen LogP contribution in [0, 0.1) is 0 Å². The molecule has 1 aromatic rings. The number of ketones is 1. The van der Waals surface area contributed by atoms with E-state index in [2.05, 4.69) is 17.6 Å². The van der Waals surface area contributed by atoms with E-state index in [-0.39, 0.29) is 18.3 Å². The van der Waals surface area contributed by atoms with Gasteiger partial charge in [0, 0.05) is 25.1 Å². The molecule has 0 aromatic heterocycles. The molecule has 1 aromatic carbocycles. The van der Waals surface area contributed by atoms with Gasteiger partial charge in [0.25, 0.3) is 5.91 Å². The van der Waals surface area contributed by atoms with Crippen LogP contribution in [0.15, 0.2) is 24.3 Å². The molecule has 1 amide bonds. The Bertz CT molecular complexity index is 443. The molecule has 0 bridgehead atoms. The van der Waals surface area contributed by atoms with Crippen molar-refractivity contribution in [1.29, 1.82) is 0 Å². The van der Waals surface area contributed by atoms with E-state index in [1.807, 2.05) is 6.92 Å². The minimum absolute atomic E-state index is 0.0190. The third kappa shape index (κ3) is 6.90. The average Bonchev–Trinajstić information content (AvgIpc) is 2.52. The highest BCUT2D eigenvalue weighted by Crippen LogP contribution is 2.13. The zero-order chi connectivity index (χ0) is 15.5. The maximum absolute atomic E-state index is 11.6. The van der Waals surface area contributed by atoms with Gasteiger partial charge in [0.1, 0.15) is 5.75 Å². The number of hydrogen-bond donors (Lipinski definition) is 2. The zero-order valence-corrected chi connectivity index (χ0v) is 12.8. The second-order valence-electron chi connectivity index (χ2n) is 4.69. The molecule has 0 aliphatic carbocycles. The highest BCUT2D eigenvalue weighted by Gasteiger charge is 2.04. The van der Waals surface area contributed by atoms with Crippen molar-refractivity contribution in [1.82, 2.24) is 10.6 Å². The van der Waals surface area contributed by atoms with E-state index >= 15 is 0 Å². The van der Waals surface area contributed by atoms with E-state index in [0.29, 0.717) is 24.3 Å². The minimum Gasteiger partial charge on any atom is -0.484 e. The second kappa shape index (κ2) is 9.94. The number of Topliss-reactive ketones (excluding diaryl/α,β-unsaturated/α-hetero) is 1. The molecule has 5 heteroatoms. The van der Waals surface area contributed by atoms with Crippen molar-refractivity contribution in [3.05, 3.63) is 29.8 Å². The highest BCUT2D eigenvalue weighted by atomic mass is 16.5. The van der Waals surface area contributed by atoms with Crippen LogP contribution in [0.1, 0.15) is 37.0 Å². The second-order valence-corrected chi connectivity index (χ2v) is 4.69. The summed E-state index contributed by atoms with van der Waals surface area (Å²) in [5.74, 6) is 0.530. The molecule has 0 radical (unpaired) electrons. The van der Waals surface area contributed by atoms with Gasteiger partial charge in [-0.25, -0.2) is 0 Å². The third-order valence-corrected chi connectivity index (χ3v) is 2.92. The SMILES string of the molecule is CCCNCCNC(=O)COc1ccc(C(=O)CC)cc1. The molecule has 5 nitrogen and oxygen atoms in total. The summed E-state index contributed by atoms with van der Waals surface area (Å²) >= 11 is 0. The first-order chi connectivity index (χ1) is 10.2. The summed E-state index contributed by atoms with van der Waals surface area (Å²) < 4.78 is 5.37. The largest absolute Gasteiger partial charge is 0.484 e. The van der Waals surface area contributed by atoms with Crippen LogP contribution >= 0.6 is 0 Å². The van der Waals surface area contributed by atoms with Crippen LogP contribution in [-0.4, -0.2) is 37.9 Å². The van der Waals surface area contributed by atoms with Crippen LogP contribution in [0.25, 0.3) is 0 Å². The lowest BCUT2D eigenvalue weighted by Crippen LogP contribution is -2.35. The molecular weight excluding hydrogens is 268 g/mol. The first kappa shape index (κ1) is 17.2. The molecule has 21 heavy (non-hydrogen) atoms. The summed E-state index contributed by atoms with van der Waals surface area (Å²) in [4.78, 5) is 23.0. The van der Waals surface area contributed by atoms with Crippen LogP contribution < -0.4 is 15.4 Å². The van der Waals surface area contributed by atoms with Gasteiger partial charge in [0.05, 0.1) is 0 Å². The lowest BCUT2D eigenvalue weighted by molar-refractivity contribution is -0.123. The topological polar surface area (TPSA) is 67.4 Å². The van der Waals surface area contributed by atoms with E-state index in [4.69, 9.17) is 4.74 Å². The lowest BCUT2D eigenvalue weighted by atomic mass is 10.1. The molecule has 1 rings (SSSR count). The third-order valence-electron chi connectivity index (χ3n) is 2.92. The van der Waals surface area contributed by atoms with Gasteiger partial charge in [-0.1, -0.05) is 13.8 Å². The van der Waals surface area contributed by atoms with Gasteiger partial charge in [-0.3, -0.25) is 9.59 Å². The molecule has 116 valence electrons. The van der Waals surface area contributed by atoms with Crippen LogP contribution in [-0.2, 0) is 4.79 Å². The molecule has 0 aliphatic heterocycles. The number of ether oxygens (including phenoxy) is 1. The van der Waals surface area contributed by atoms with Gasteiger partial charge in [-0.15, -0.1) is 0 Å². The van der Waals surface area contributed by atoms with Gasteiger partial charge in [0.2, 0.25) is 0 Å². The van der Waals surface area contributed by atoms with Crippen LogP contribution in [0.2, 0.25) is 0 Å². The Hall–Kier alpha value is -1.88. The maximum atomic E-state index is 11.6. The Morgan fingerprint density at radius 2 is 1.76 bits per heavy atom. The van der Waals surface area contributed by atoms with Gasteiger partial charge < -0.3 is 15.4 Å². The molecule has 0 unspecified atom stereocenters. The first-order valence-corrected chi connectivity index (χ1v) is 7.40. The van der Waals surface area contributed by atoms with Crippen LogP contribution in [0.5, 0.6) is 5.75 Å². The van der Waals surface area contributed by atoms with Gasteiger partial charge in [0.15, 0.2) is 12.4 Å².